The fourth-order valence-electron chi connectivity index (χ4n) is 2.54. The van der Waals surface area contributed by atoms with Gasteiger partial charge >= 0.3 is 0 Å². The van der Waals surface area contributed by atoms with Crippen LogP contribution in [0.1, 0.15) is 24.0 Å². The molecule has 2 N–H and O–H groups in total. The molecule has 3 heteroatoms. The van der Waals surface area contributed by atoms with Gasteiger partial charge in [-0.3, -0.25) is 0 Å². The van der Waals surface area contributed by atoms with Gasteiger partial charge in [0.25, 0.3) is 0 Å². The summed E-state index contributed by atoms with van der Waals surface area (Å²) in [5.41, 5.74) is 8.59. The van der Waals surface area contributed by atoms with Crippen molar-refractivity contribution in [2.45, 2.75) is 32.4 Å². The van der Waals surface area contributed by atoms with Gasteiger partial charge in [-0.05, 0) is 56.0 Å². The molecule has 0 spiro atoms. The molecule has 1 aromatic carbocycles. The van der Waals surface area contributed by atoms with Crippen LogP contribution in [0.2, 0.25) is 0 Å². The van der Waals surface area contributed by atoms with Gasteiger partial charge < -0.3 is 10.6 Å². The van der Waals surface area contributed by atoms with E-state index in [9.17, 15) is 0 Å². The van der Waals surface area contributed by atoms with Crippen molar-refractivity contribution >= 4 is 15.9 Å². The Labute approximate surface area is 112 Å². The minimum Gasteiger partial charge on any atom is -0.328 e. The van der Waals surface area contributed by atoms with Crippen molar-refractivity contribution in [3.8, 4) is 0 Å². The minimum absolute atomic E-state index is 0.459. The number of nitrogens with two attached hydrogens (primary N) is 1. The molecule has 1 aliphatic carbocycles. The van der Waals surface area contributed by atoms with Crippen LogP contribution in [-0.2, 0) is 6.54 Å². The summed E-state index contributed by atoms with van der Waals surface area (Å²) in [5, 5.41) is 0. The Bertz CT molecular complexity index is 386. The van der Waals surface area contributed by atoms with Crippen LogP contribution in [0.15, 0.2) is 22.7 Å². The van der Waals surface area contributed by atoms with Gasteiger partial charge in [0.15, 0.2) is 0 Å². The highest BCUT2D eigenvalue weighted by atomic mass is 79.9. The van der Waals surface area contributed by atoms with Crippen molar-refractivity contribution in [1.29, 1.82) is 0 Å². The first kappa shape index (κ1) is 13.1. The van der Waals surface area contributed by atoms with E-state index < -0.39 is 0 Å². The molecule has 17 heavy (non-hydrogen) atoms. The third kappa shape index (κ3) is 3.54. The zero-order valence-corrected chi connectivity index (χ0v) is 12.2. The van der Waals surface area contributed by atoms with E-state index in [1.54, 1.807) is 0 Å². The van der Waals surface area contributed by atoms with Gasteiger partial charge in [-0.1, -0.05) is 22.0 Å². The van der Waals surface area contributed by atoms with E-state index >= 15 is 0 Å². The summed E-state index contributed by atoms with van der Waals surface area (Å²) in [5.74, 6) is 0.808. The zero-order valence-electron chi connectivity index (χ0n) is 10.6. The van der Waals surface area contributed by atoms with E-state index in [4.69, 9.17) is 5.73 Å². The summed E-state index contributed by atoms with van der Waals surface area (Å²) in [4.78, 5) is 2.41. The Morgan fingerprint density at radius 1 is 1.41 bits per heavy atom. The monoisotopic (exact) mass is 296 g/mol. The second kappa shape index (κ2) is 5.51. The molecule has 0 amide bonds. The second-order valence-electron chi connectivity index (χ2n) is 5.37. The molecule has 94 valence electrons. The van der Waals surface area contributed by atoms with Crippen molar-refractivity contribution in [3.05, 3.63) is 33.8 Å². The van der Waals surface area contributed by atoms with Crippen LogP contribution >= 0.6 is 15.9 Å². The average molecular weight is 297 g/mol. The smallest absolute Gasteiger partial charge is 0.0233 e. The summed E-state index contributed by atoms with van der Waals surface area (Å²) < 4.78 is 1.16. The Morgan fingerprint density at radius 3 is 2.76 bits per heavy atom. The first-order chi connectivity index (χ1) is 8.04. The molecule has 1 saturated carbocycles. The molecule has 0 unspecified atom stereocenters. The number of rotatable bonds is 4. The van der Waals surface area contributed by atoms with Crippen LogP contribution in [0, 0.1) is 12.8 Å². The predicted octanol–water partition coefficient (Wildman–Crippen LogP) is 2.93. The molecule has 0 aliphatic heterocycles. The lowest BCUT2D eigenvalue weighted by atomic mass is 9.80. The number of hydrogen-bond donors (Lipinski definition) is 1. The van der Waals surface area contributed by atoms with Crippen molar-refractivity contribution in [2.75, 3.05) is 13.6 Å². The fraction of sp³-hybridized carbons (Fsp3) is 0.571. The molecule has 2 nitrogen and oxygen atoms in total. The van der Waals surface area contributed by atoms with E-state index in [2.05, 4.69) is 53.0 Å². The highest BCUT2D eigenvalue weighted by Crippen LogP contribution is 2.26. The second-order valence-corrected chi connectivity index (χ2v) is 6.28. The van der Waals surface area contributed by atoms with E-state index in [1.807, 2.05) is 0 Å². The van der Waals surface area contributed by atoms with Crippen LogP contribution in [0.4, 0.5) is 0 Å². The summed E-state index contributed by atoms with van der Waals surface area (Å²) >= 11 is 3.53. The maximum Gasteiger partial charge on any atom is 0.0233 e. The van der Waals surface area contributed by atoms with Crippen molar-refractivity contribution in [1.82, 2.24) is 4.90 Å². The lowest BCUT2D eigenvalue weighted by molar-refractivity contribution is 0.178. The standard InChI is InChI=1S/C14H21BrN2/c1-10-3-4-13(15)7-12(10)9-17(2)8-11-5-14(16)6-11/h3-4,7,11,14H,5-6,8-9,16H2,1-2H3. The van der Waals surface area contributed by atoms with Gasteiger partial charge in [0.1, 0.15) is 0 Å². The maximum atomic E-state index is 5.82. The molecule has 0 aromatic heterocycles. The summed E-state index contributed by atoms with van der Waals surface area (Å²) in [6.07, 6.45) is 2.39. The lowest BCUT2D eigenvalue weighted by Gasteiger charge is -2.35. The Hall–Kier alpha value is -0.380. The van der Waals surface area contributed by atoms with Crippen molar-refractivity contribution in [3.63, 3.8) is 0 Å². The van der Waals surface area contributed by atoms with Crippen LogP contribution in [0.3, 0.4) is 0 Å². The fourth-order valence-corrected chi connectivity index (χ4v) is 2.95. The van der Waals surface area contributed by atoms with Crippen LogP contribution in [-0.4, -0.2) is 24.5 Å². The third-order valence-corrected chi connectivity index (χ3v) is 4.09. The largest absolute Gasteiger partial charge is 0.328 e. The van der Waals surface area contributed by atoms with Crippen molar-refractivity contribution in [2.24, 2.45) is 11.7 Å². The van der Waals surface area contributed by atoms with Crippen molar-refractivity contribution < 1.29 is 0 Å². The van der Waals surface area contributed by atoms with Crippen LogP contribution in [0.5, 0.6) is 0 Å². The molecular formula is C14H21BrN2. The van der Waals surface area contributed by atoms with E-state index in [-0.39, 0.29) is 0 Å². The van der Waals surface area contributed by atoms with Gasteiger partial charge in [0.05, 0.1) is 0 Å². The number of hydrogen-bond acceptors (Lipinski definition) is 2. The number of benzene rings is 1. The predicted molar refractivity (Wildman–Crippen MR) is 75.9 cm³/mol. The quantitative estimate of drug-likeness (QED) is 0.926. The summed E-state index contributed by atoms with van der Waals surface area (Å²) in [6, 6.07) is 6.95. The van der Waals surface area contributed by atoms with Gasteiger partial charge in [-0.25, -0.2) is 0 Å². The molecule has 1 aliphatic rings. The topological polar surface area (TPSA) is 29.3 Å². The normalized spacial score (nSPS) is 23.8. The first-order valence-electron chi connectivity index (χ1n) is 6.23. The van der Waals surface area contributed by atoms with Gasteiger partial charge in [0.2, 0.25) is 0 Å². The number of halogens is 1. The summed E-state index contributed by atoms with van der Waals surface area (Å²) in [6.45, 7) is 4.37. The molecule has 1 fully saturated rings. The zero-order chi connectivity index (χ0) is 12.4. The SMILES string of the molecule is Cc1ccc(Br)cc1CN(C)CC1CC(N)C1. The van der Waals surface area contributed by atoms with E-state index in [0.29, 0.717) is 6.04 Å². The average Bonchev–Trinajstić information content (AvgIpc) is 2.21. The summed E-state index contributed by atoms with van der Waals surface area (Å²) in [7, 11) is 2.20. The molecular weight excluding hydrogens is 276 g/mol. The molecule has 2 rings (SSSR count). The number of aryl methyl sites for hydroxylation is 1. The first-order valence-corrected chi connectivity index (χ1v) is 7.03. The highest BCUT2D eigenvalue weighted by Gasteiger charge is 2.26. The van der Waals surface area contributed by atoms with E-state index in [0.717, 1.165) is 16.9 Å². The molecule has 0 atom stereocenters. The molecule has 0 radical (unpaired) electrons. The number of nitrogens with zero attached hydrogens (tertiary/aromatic N) is 1. The van der Waals surface area contributed by atoms with Gasteiger partial charge in [-0.2, -0.15) is 0 Å². The van der Waals surface area contributed by atoms with Crippen LogP contribution in [0.25, 0.3) is 0 Å². The third-order valence-electron chi connectivity index (χ3n) is 3.59. The van der Waals surface area contributed by atoms with Crippen LogP contribution < -0.4 is 5.73 Å². The van der Waals surface area contributed by atoms with E-state index in [1.165, 1.54) is 30.5 Å². The molecule has 0 saturated heterocycles. The Balaban J connectivity index is 1.89. The van der Waals surface area contributed by atoms with Gasteiger partial charge in [0, 0.05) is 23.6 Å². The minimum atomic E-state index is 0.459. The Morgan fingerprint density at radius 2 is 2.12 bits per heavy atom. The lowest BCUT2D eigenvalue weighted by Crippen LogP contribution is -2.41. The molecule has 0 heterocycles. The highest BCUT2D eigenvalue weighted by molar-refractivity contribution is 9.10. The molecule has 0 bridgehead atoms. The molecule has 1 aromatic rings. The van der Waals surface area contributed by atoms with Gasteiger partial charge in [-0.15, -0.1) is 0 Å². The Kier molecular flexibility index (Phi) is 4.23. The maximum absolute atomic E-state index is 5.82.